The summed E-state index contributed by atoms with van der Waals surface area (Å²) in [4.78, 5) is 30.0. The van der Waals surface area contributed by atoms with Crippen molar-refractivity contribution in [2.75, 3.05) is 33.0 Å². The second-order valence-corrected chi connectivity index (χ2v) is 8.60. The smallest absolute Gasteiger partial charge is 0.295 e. The molecule has 32 heavy (non-hydrogen) atoms. The topological polar surface area (TPSA) is 79.3 Å². The molecule has 3 aliphatic rings. The number of aliphatic hydroxyl groups is 1. The largest absolute Gasteiger partial charge is 0.507 e. The first-order chi connectivity index (χ1) is 15.5. The highest BCUT2D eigenvalue weighted by Crippen LogP contribution is 2.41. The highest BCUT2D eigenvalue weighted by Gasteiger charge is 2.46. The number of nitrogens with zero attached hydrogens (tertiary/aromatic N) is 2. The van der Waals surface area contributed by atoms with Crippen LogP contribution in [-0.4, -0.2) is 59.6 Å². The van der Waals surface area contributed by atoms with Gasteiger partial charge in [0.15, 0.2) is 11.5 Å². The fraction of sp³-hybridized carbons (Fsp3) is 0.333. The van der Waals surface area contributed by atoms with Crippen LogP contribution in [0.1, 0.15) is 30.0 Å². The molecule has 7 nitrogen and oxygen atoms in total. The van der Waals surface area contributed by atoms with Crippen LogP contribution in [0.2, 0.25) is 5.02 Å². The quantitative estimate of drug-likeness (QED) is 0.422. The van der Waals surface area contributed by atoms with Gasteiger partial charge in [0.05, 0.1) is 11.6 Å². The normalized spacial score (nSPS) is 22.2. The van der Waals surface area contributed by atoms with Crippen LogP contribution >= 0.6 is 11.6 Å². The van der Waals surface area contributed by atoms with Crippen molar-refractivity contribution in [1.82, 2.24) is 9.80 Å². The number of likely N-dealkylation sites (tertiary alicyclic amines) is 2. The molecule has 0 bridgehead atoms. The zero-order chi connectivity index (χ0) is 22.2. The lowest BCUT2D eigenvalue weighted by molar-refractivity contribution is -0.140. The first kappa shape index (κ1) is 20.8. The molecule has 3 aliphatic heterocycles. The van der Waals surface area contributed by atoms with E-state index in [1.807, 2.05) is 0 Å². The van der Waals surface area contributed by atoms with E-state index in [9.17, 15) is 14.7 Å². The Balaban J connectivity index is 1.55. The number of fused-ring (bicyclic) bond motifs is 1. The van der Waals surface area contributed by atoms with Crippen molar-refractivity contribution in [3.05, 3.63) is 64.2 Å². The molecule has 1 atom stereocenters. The monoisotopic (exact) mass is 454 g/mol. The number of carbonyl (C=O) groups excluding carboxylic acids is 2. The Kier molecular flexibility index (Phi) is 5.53. The molecular weight excluding hydrogens is 432 g/mol. The number of benzene rings is 2. The number of ketones is 1. The van der Waals surface area contributed by atoms with E-state index >= 15 is 0 Å². The standard InChI is InChI=1S/C24H23ClN2O5/c25-17-6-3-15(4-7-17)21-20(22(28)16-5-8-18-19(13-16)32-14-31-18)23(29)24(30)27(21)12-11-26-9-1-2-10-26/h3-8,13,21,28H,1-2,9-12,14H2/b22-20+. The van der Waals surface area contributed by atoms with E-state index in [0.717, 1.165) is 31.5 Å². The molecule has 2 fully saturated rings. The number of aliphatic hydroxyl groups excluding tert-OH is 1. The molecule has 1 amide bonds. The van der Waals surface area contributed by atoms with Gasteiger partial charge >= 0.3 is 0 Å². The van der Waals surface area contributed by atoms with Crippen molar-refractivity contribution in [3.63, 3.8) is 0 Å². The highest BCUT2D eigenvalue weighted by molar-refractivity contribution is 6.46. The minimum atomic E-state index is -0.694. The van der Waals surface area contributed by atoms with Crippen LogP contribution in [-0.2, 0) is 9.59 Å². The second-order valence-electron chi connectivity index (χ2n) is 8.16. The molecule has 1 N–H and O–H groups in total. The van der Waals surface area contributed by atoms with Crippen molar-refractivity contribution in [2.45, 2.75) is 18.9 Å². The van der Waals surface area contributed by atoms with E-state index in [1.54, 1.807) is 47.4 Å². The van der Waals surface area contributed by atoms with Gasteiger partial charge < -0.3 is 24.4 Å². The van der Waals surface area contributed by atoms with Crippen molar-refractivity contribution >= 4 is 29.1 Å². The van der Waals surface area contributed by atoms with Crippen molar-refractivity contribution in [1.29, 1.82) is 0 Å². The van der Waals surface area contributed by atoms with E-state index in [4.69, 9.17) is 21.1 Å². The predicted octanol–water partition coefficient (Wildman–Crippen LogP) is 3.59. The third-order valence-electron chi connectivity index (χ3n) is 6.23. The third kappa shape index (κ3) is 3.72. The average molecular weight is 455 g/mol. The summed E-state index contributed by atoms with van der Waals surface area (Å²) in [5, 5.41) is 11.7. The van der Waals surface area contributed by atoms with Crippen molar-refractivity contribution < 1.29 is 24.2 Å². The fourth-order valence-electron chi connectivity index (χ4n) is 4.56. The lowest BCUT2D eigenvalue weighted by atomic mass is 9.95. The number of rotatable bonds is 5. The SMILES string of the molecule is O=C1C(=O)N(CCN2CCCC2)C(c2ccc(Cl)cc2)/C1=C(\O)c1ccc2c(c1)OCO2. The third-order valence-corrected chi connectivity index (χ3v) is 6.48. The Labute approximate surface area is 190 Å². The van der Waals surface area contributed by atoms with Gasteiger partial charge in [0.1, 0.15) is 5.76 Å². The first-order valence-corrected chi connectivity index (χ1v) is 11.1. The van der Waals surface area contributed by atoms with Gasteiger partial charge in [0.25, 0.3) is 11.7 Å². The van der Waals surface area contributed by atoms with Gasteiger partial charge in [-0.05, 0) is 61.8 Å². The van der Waals surface area contributed by atoms with Crippen molar-refractivity contribution in [2.24, 2.45) is 0 Å². The number of hydrogen-bond donors (Lipinski definition) is 1. The van der Waals surface area contributed by atoms with E-state index in [0.29, 0.717) is 35.2 Å². The Morgan fingerprint density at radius 1 is 1.00 bits per heavy atom. The Morgan fingerprint density at radius 3 is 2.47 bits per heavy atom. The van der Waals surface area contributed by atoms with Crippen LogP contribution in [0.3, 0.4) is 0 Å². The average Bonchev–Trinajstić information content (AvgIpc) is 3.53. The summed E-state index contributed by atoms with van der Waals surface area (Å²) >= 11 is 6.07. The number of hydrogen-bond acceptors (Lipinski definition) is 6. The van der Waals surface area contributed by atoms with Gasteiger partial charge in [0.2, 0.25) is 6.79 Å². The van der Waals surface area contributed by atoms with Crippen LogP contribution < -0.4 is 9.47 Å². The number of Topliss-reactive ketones (excluding diaryl/α,β-unsaturated/α-hetero) is 1. The molecule has 0 spiro atoms. The molecule has 0 saturated carbocycles. The van der Waals surface area contributed by atoms with Gasteiger partial charge in [-0.2, -0.15) is 0 Å². The van der Waals surface area contributed by atoms with Crippen LogP contribution in [0.15, 0.2) is 48.0 Å². The molecule has 8 heteroatoms. The number of ether oxygens (including phenoxy) is 2. The Bertz CT molecular complexity index is 1090. The first-order valence-electron chi connectivity index (χ1n) is 10.7. The lowest BCUT2D eigenvalue weighted by Gasteiger charge is -2.27. The number of amides is 1. The summed E-state index contributed by atoms with van der Waals surface area (Å²) in [5.74, 6) is -0.472. The second kappa shape index (κ2) is 8.48. The number of halogens is 1. The van der Waals surface area contributed by atoms with Crippen LogP contribution in [0.25, 0.3) is 5.76 Å². The lowest BCUT2D eigenvalue weighted by Crippen LogP contribution is -2.37. The van der Waals surface area contributed by atoms with Crippen LogP contribution in [0, 0.1) is 0 Å². The van der Waals surface area contributed by atoms with E-state index < -0.39 is 17.7 Å². The highest BCUT2D eigenvalue weighted by atomic mass is 35.5. The zero-order valence-electron chi connectivity index (χ0n) is 17.4. The van der Waals surface area contributed by atoms with Crippen LogP contribution in [0.4, 0.5) is 0 Å². The maximum atomic E-state index is 13.1. The van der Waals surface area contributed by atoms with Crippen molar-refractivity contribution in [3.8, 4) is 11.5 Å². The van der Waals surface area contributed by atoms with Gasteiger partial charge in [-0.1, -0.05) is 23.7 Å². The van der Waals surface area contributed by atoms with Gasteiger partial charge in [-0.25, -0.2) is 0 Å². The molecule has 2 aromatic rings. The molecule has 3 heterocycles. The Morgan fingerprint density at radius 2 is 1.72 bits per heavy atom. The summed E-state index contributed by atoms with van der Waals surface area (Å²) in [5.41, 5.74) is 1.18. The number of carbonyl (C=O) groups is 2. The molecule has 2 saturated heterocycles. The summed E-state index contributed by atoms with van der Waals surface area (Å²) in [6.07, 6.45) is 2.28. The fourth-order valence-corrected chi connectivity index (χ4v) is 4.68. The molecule has 1 unspecified atom stereocenters. The summed E-state index contributed by atoms with van der Waals surface area (Å²) in [7, 11) is 0. The molecule has 2 aromatic carbocycles. The summed E-state index contributed by atoms with van der Waals surface area (Å²) in [6.45, 7) is 3.17. The summed E-state index contributed by atoms with van der Waals surface area (Å²) in [6, 6.07) is 11.3. The molecule has 5 rings (SSSR count). The van der Waals surface area contributed by atoms with E-state index in [2.05, 4.69) is 4.90 Å². The maximum Gasteiger partial charge on any atom is 0.295 e. The van der Waals surface area contributed by atoms with Gasteiger partial charge in [-0.15, -0.1) is 0 Å². The molecule has 166 valence electrons. The van der Waals surface area contributed by atoms with Gasteiger partial charge in [0, 0.05) is 23.7 Å². The minimum absolute atomic E-state index is 0.0672. The Hall–Kier alpha value is -3.03. The molecule has 0 aromatic heterocycles. The maximum absolute atomic E-state index is 13.1. The molecule has 0 aliphatic carbocycles. The van der Waals surface area contributed by atoms with E-state index in [-0.39, 0.29) is 18.1 Å². The predicted molar refractivity (Wildman–Crippen MR) is 119 cm³/mol. The minimum Gasteiger partial charge on any atom is -0.507 e. The summed E-state index contributed by atoms with van der Waals surface area (Å²) < 4.78 is 10.7. The van der Waals surface area contributed by atoms with Gasteiger partial charge in [-0.3, -0.25) is 9.59 Å². The van der Waals surface area contributed by atoms with E-state index in [1.165, 1.54) is 0 Å². The molecular formula is C24H23ClN2O5. The zero-order valence-corrected chi connectivity index (χ0v) is 18.2. The molecule has 0 radical (unpaired) electrons. The van der Waals surface area contributed by atoms with Crippen LogP contribution in [0.5, 0.6) is 11.5 Å².